The highest BCUT2D eigenvalue weighted by Crippen LogP contribution is 2.07. The van der Waals surface area contributed by atoms with Crippen LogP contribution in [0, 0.1) is 0 Å². The summed E-state index contributed by atoms with van der Waals surface area (Å²) in [7, 11) is 0. The lowest BCUT2D eigenvalue weighted by Crippen LogP contribution is -2.55. The highest BCUT2D eigenvalue weighted by atomic mass is 16.4. The van der Waals surface area contributed by atoms with Crippen LogP contribution in [-0.2, 0) is 35.5 Å². The lowest BCUT2D eigenvalue weighted by molar-refractivity contribution is -0.130. The van der Waals surface area contributed by atoms with Crippen LogP contribution in [0.4, 0.5) is 4.79 Å². The number of nitrogens with one attached hydrogen (secondary N) is 4. The van der Waals surface area contributed by atoms with E-state index in [9.17, 15) is 24.3 Å². The zero-order valence-electron chi connectivity index (χ0n) is 24.5. The summed E-state index contributed by atoms with van der Waals surface area (Å²) in [6.07, 6.45) is 8.99. The van der Waals surface area contributed by atoms with Gasteiger partial charge in [0.25, 0.3) is 0 Å². The molecule has 12 heteroatoms. The molecule has 2 aromatic heterocycles. The van der Waals surface area contributed by atoms with E-state index in [-0.39, 0.29) is 24.4 Å². The van der Waals surface area contributed by atoms with Crippen molar-refractivity contribution in [3.05, 3.63) is 113 Å². The molecule has 0 unspecified atom stereocenters. The molecular weight excluding hydrogens is 562 g/mol. The molecule has 5 N–H and O–H groups in total. The molecule has 232 valence electrons. The van der Waals surface area contributed by atoms with E-state index in [0.717, 1.165) is 36.8 Å². The highest BCUT2D eigenvalue weighted by Gasteiger charge is 2.27. The molecule has 0 bridgehead atoms. The van der Waals surface area contributed by atoms with Crippen LogP contribution in [0.5, 0.6) is 0 Å². The number of hydrogen-bond donors (Lipinski definition) is 5. The summed E-state index contributed by atoms with van der Waals surface area (Å²) in [6.45, 7) is 1.58. The van der Waals surface area contributed by atoms with E-state index in [4.69, 9.17) is 0 Å². The molecule has 0 aliphatic rings. The molecule has 0 spiro atoms. The molecule has 0 aliphatic heterocycles. The van der Waals surface area contributed by atoms with Crippen molar-refractivity contribution in [2.75, 3.05) is 6.54 Å². The van der Waals surface area contributed by atoms with Crippen LogP contribution < -0.4 is 21.6 Å². The SMILES string of the molecule is O=C(O)N[C@@H](Cc1ccccc1)C(=O)N[C@@H](Cc1cnc[nH]1)C(=O)NCCCCCCn1ccn(Cc2ccccc2)c1=O. The van der Waals surface area contributed by atoms with Crippen molar-refractivity contribution in [3.8, 4) is 0 Å². The first-order valence-corrected chi connectivity index (χ1v) is 14.8. The number of imidazole rings is 2. The molecule has 2 aromatic carbocycles. The molecule has 2 heterocycles. The number of carbonyl (C=O) groups excluding carboxylic acids is 2. The van der Waals surface area contributed by atoms with Crippen LogP contribution >= 0.6 is 0 Å². The maximum Gasteiger partial charge on any atom is 0.405 e. The summed E-state index contributed by atoms with van der Waals surface area (Å²) in [5.74, 6) is -0.961. The number of aromatic amines is 1. The third-order valence-corrected chi connectivity index (χ3v) is 7.25. The number of aryl methyl sites for hydroxylation is 1. The molecule has 4 rings (SSSR count). The fraction of sp³-hybridized carbons (Fsp3) is 0.344. The van der Waals surface area contributed by atoms with Gasteiger partial charge in [0.05, 0.1) is 12.9 Å². The summed E-state index contributed by atoms with van der Waals surface area (Å²) < 4.78 is 3.42. The predicted molar refractivity (Wildman–Crippen MR) is 165 cm³/mol. The number of aromatic nitrogens is 4. The zero-order valence-corrected chi connectivity index (χ0v) is 24.5. The van der Waals surface area contributed by atoms with E-state index < -0.39 is 24.1 Å². The van der Waals surface area contributed by atoms with Crippen LogP contribution in [-0.4, -0.2) is 60.7 Å². The summed E-state index contributed by atoms with van der Waals surface area (Å²) >= 11 is 0. The molecule has 3 amide bonds. The van der Waals surface area contributed by atoms with Crippen LogP contribution in [0.2, 0.25) is 0 Å². The Labute approximate surface area is 255 Å². The topological polar surface area (TPSA) is 163 Å². The van der Waals surface area contributed by atoms with Gasteiger partial charge in [-0.1, -0.05) is 73.5 Å². The van der Waals surface area contributed by atoms with Crippen LogP contribution in [0.3, 0.4) is 0 Å². The quantitative estimate of drug-likeness (QED) is 0.117. The Morgan fingerprint density at radius 3 is 2.14 bits per heavy atom. The van der Waals surface area contributed by atoms with Crippen molar-refractivity contribution in [1.29, 1.82) is 0 Å². The Morgan fingerprint density at radius 2 is 1.45 bits per heavy atom. The van der Waals surface area contributed by atoms with Crippen molar-refractivity contribution in [2.24, 2.45) is 0 Å². The van der Waals surface area contributed by atoms with Gasteiger partial charge >= 0.3 is 11.8 Å². The second kappa shape index (κ2) is 16.5. The molecule has 0 radical (unpaired) electrons. The lowest BCUT2D eigenvalue weighted by atomic mass is 10.0. The average Bonchev–Trinajstić information content (AvgIpc) is 3.66. The van der Waals surface area contributed by atoms with Crippen molar-refractivity contribution in [2.45, 2.75) is 63.7 Å². The summed E-state index contributed by atoms with van der Waals surface area (Å²) in [5, 5.41) is 17.2. The zero-order chi connectivity index (χ0) is 31.1. The maximum absolute atomic E-state index is 13.1. The number of hydrogen-bond acceptors (Lipinski definition) is 5. The molecular formula is C32H39N7O5. The Kier molecular flexibility index (Phi) is 11.9. The fourth-order valence-electron chi connectivity index (χ4n) is 4.93. The van der Waals surface area contributed by atoms with Gasteiger partial charge in [-0.15, -0.1) is 0 Å². The number of amides is 3. The largest absolute Gasteiger partial charge is 0.465 e. The third-order valence-electron chi connectivity index (χ3n) is 7.25. The normalized spacial score (nSPS) is 12.3. The predicted octanol–water partition coefficient (Wildman–Crippen LogP) is 2.70. The monoisotopic (exact) mass is 601 g/mol. The van der Waals surface area contributed by atoms with Gasteiger partial charge in [-0.3, -0.25) is 18.7 Å². The van der Waals surface area contributed by atoms with Gasteiger partial charge in [0.1, 0.15) is 12.1 Å². The first-order chi connectivity index (χ1) is 21.4. The maximum atomic E-state index is 13.1. The standard InChI is InChI=1S/C32H39N7O5/c40-29(34-15-9-1-2-10-16-38-17-18-39(32(38)44)22-25-13-7-4-8-14-25)28(20-26-21-33-23-35-26)36-30(41)27(37-31(42)43)19-24-11-5-3-6-12-24/h3-8,11-14,17-18,21,23,27-28,37H,1-2,9-10,15-16,19-20,22H2,(H,33,35)(H,34,40)(H,36,41)(H,42,43)/t27-,28-/m0/s1. The smallest absolute Gasteiger partial charge is 0.405 e. The van der Waals surface area contributed by atoms with Crippen molar-refractivity contribution >= 4 is 17.9 Å². The number of H-pyrrole nitrogens is 1. The van der Waals surface area contributed by atoms with Gasteiger partial charge in [-0.25, -0.2) is 14.6 Å². The second-order valence-electron chi connectivity index (χ2n) is 10.6. The Hall–Kier alpha value is -5.13. The van der Waals surface area contributed by atoms with Crippen molar-refractivity contribution in [3.63, 3.8) is 0 Å². The van der Waals surface area contributed by atoms with Crippen molar-refractivity contribution < 1.29 is 19.5 Å². The van der Waals surface area contributed by atoms with E-state index in [0.29, 0.717) is 25.3 Å². The van der Waals surface area contributed by atoms with Crippen LogP contribution in [0.15, 0.2) is 90.4 Å². The molecule has 0 saturated carbocycles. The minimum absolute atomic E-state index is 0.0314. The van der Waals surface area contributed by atoms with Gasteiger partial charge in [0, 0.05) is 50.2 Å². The summed E-state index contributed by atoms with van der Waals surface area (Å²) in [5.41, 5.74) is 2.48. The van der Waals surface area contributed by atoms with Crippen LogP contribution in [0.25, 0.3) is 0 Å². The van der Waals surface area contributed by atoms with Crippen LogP contribution in [0.1, 0.15) is 42.5 Å². The van der Waals surface area contributed by atoms with E-state index in [1.807, 2.05) is 60.9 Å². The first-order valence-electron chi connectivity index (χ1n) is 14.8. The van der Waals surface area contributed by atoms with Gasteiger partial charge in [-0.05, 0) is 24.0 Å². The number of benzene rings is 2. The fourth-order valence-corrected chi connectivity index (χ4v) is 4.93. The Morgan fingerprint density at radius 1 is 0.795 bits per heavy atom. The van der Waals surface area contributed by atoms with E-state index in [1.54, 1.807) is 27.5 Å². The number of carboxylic acid groups (broad SMARTS) is 1. The van der Waals surface area contributed by atoms with Gasteiger partial charge in [0.2, 0.25) is 11.8 Å². The summed E-state index contributed by atoms with van der Waals surface area (Å²) in [4.78, 5) is 57.2. The number of carbonyl (C=O) groups is 3. The third kappa shape index (κ3) is 10.0. The molecule has 12 nitrogen and oxygen atoms in total. The summed E-state index contributed by atoms with van der Waals surface area (Å²) in [6, 6.07) is 16.9. The molecule has 44 heavy (non-hydrogen) atoms. The van der Waals surface area contributed by atoms with Gasteiger partial charge in [0.15, 0.2) is 0 Å². The number of nitrogens with zero attached hydrogens (tertiary/aromatic N) is 3. The van der Waals surface area contributed by atoms with E-state index in [1.165, 1.54) is 6.33 Å². The number of rotatable bonds is 17. The minimum atomic E-state index is -1.33. The molecule has 0 fully saturated rings. The highest BCUT2D eigenvalue weighted by molar-refractivity contribution is 5.91. The average molecular weight is 602 g/mol. The van der Waals surface area contributed by atoms with Gasteiger partial charge in [-0.2, -0.15) is 0 Å². The Bertz CT molecular complexity index is 1520. The molecule has 0 saturated heterocycles. The molecule has 0 aliphatic carbocycles. The Balaban J connectivity index is 1.22. The van der Waals surface area contributed by atoms with Gasteiger partial charge < -0.3 is 26.0 Å². The molecule has 4 aromatic rings. The first kappa shape index (κ1) is 31.8. The number of unbranched alkanes of at least 4 members (excludes halogenated alkanes) is 3. The van der Waals surface area contributed by atoms with Crippen molar-refractivity contribution in [1.82, 2.24) is 35.1 Å². The minimum Gasteiger partial charge on any atom is -0.465 e. The second-order valence-corrected chi connectivity index (χ2v) is 10.6. The van der Waals surface area contributed by atoms with E-state index >= 15 is 0 Å². The lowest BCUT2D eigenvalue weighted by Gasteiger charge is -2.22. The molecule has 2 atom stereocenters. The van der Waals surface area contributed by atoms with E-state index in [2.05, 4.69) is 25.9 Å².